The third-order valence-electron chi connectivity index (χ3n) is 2.70. The summed E-state index contributed by atoms with van der Waals surface area (Å²) >= 11 is 0. The predicted molar refractivity (Wildman–Crippen MR) is 69.9 cm³/mol. The van der Waals surface area contributed by atoms with Gasteiger partial charge in [0.2, 0.25) is 0 Å². The molecule has 3 N–H and O–H groups in total. The second-order valence-corrected chi connectivity index (χ2v) is 4.30. The highest BCUT2D eigenvalue weighted by Gasteiger charge is 2.14. The van der Waals surface area contributed by atoms with Crippen molar-refractivity contribution in [3.8, 4) is 0 Å². The Hall–Kier alpha value is -2.50. The van der Waals surface area contributed by atoms with E-state index in [4.69, 9.17) is 5.73 Å². The highest BCUT2D eigenvalue weighted by Crippen LogP contribution is 2.20. The van der Waals surface area contributed by atoms with Crippen LogP contribution in [0, 0.1) is 24.4 Å². The van der Waals surface area contributed by atoms with Gasteiger partial charge in [-0.1, -0.05) is 11.6 Å². The fourth-order valence-electron chi connectivity index (χ4n) is 1.69. The van der Waals surface area contributed by atoms with E-state index in [9.17, 15) is 18.0 Å². The van der Waals surface area contributed by atoms with Gasteiger partial charge >= 0.3 is 0 Å². The molecule has 0 aliphatic rings. The monoisotopic (exact) mass is 280 g/mol. The van der Waals surface area contributed by atoms with Crippen molar-refractivity contribution < 1.29 is 18.0 Å². The van der Waals surface area contributed by atoms with Crippen molar-refractivity contribution in [2.45, 2.75) is 6.92 Å². The van der Waals surface area contributed by atoms with Crippen molar-refractivity contribution in [2.75, 3.05) is 11.1 Å². The van der Waals surface area contributed by atoms with Crippen molar-refractivity contribution in [3.05, 3.63) is 58.9 Å². The number of hydrogen-bond donors (Lipinski definition) is 2. The minimum atomic E-state index is -1.59. The van der Waals surface area contributed by atoms with Gasteiger partial charge in [0.15, 0.2) is 17.5 Å². The minimum Gasteiger partial charge on any atom is -0.398 e. The highest BCUT2D eigenvalue weighted by atomic mass is 19.2. The first-order chi connectivity index (χ1) is 9.38. The Morgan fingerprint density at radius 1 is 1.10 bits per heavy atom. The van der Waals surface area contributed by atoms with E-state index in [1.807, 2.05) is 0 Å². The molecule has 0 saturated carbocycles. The average molecular weight is 280 g/mol. The maximum absolute atomic E-state index is 13.0. The molecule has 0 radical (unpaired) electrons. The van der Waals surface area contributed by atoms with Gasteiger partial charge in [0.25, 0.3) is 5.91 Å². The van der Waals surface area contributed by atoms with E-state index >= 15 is 0 Å². The molecule has 1 amide bonds. The van der Waals surface area contributed by atoms with Crippen molar-refractivity contribution in [1.29, 1.82) is 0 Å². The number of amides is 1. The number of benzene rings is 2. The van der Waals surface area contributed by atoms with Gasteiger partial charge in [-0.15, -0.1) is 0 Å². The smallest absolute Gasteiger partial charge is 0.257 e. The number of nitrogens with one attached hydrogen (secondary N) is 1. The molecule has 2 aromatic rings. The van der Waals surface area contributed by atoms with Crippen molar-refractivity contribution >= 4 is 17.3 Å². The number of aryl methyl sites for hydroxylation is 1. The summed E-state index contributed by atoms with van der Waals surface area (Å²) in [4.78, 5) is 12.0. The van der Waals surface area contributed by atoms with Gasteiger partial charge < -0.3 is 11.1 Å². The second kappa shape index (κ2) is 5.24. The van der Waals surface area contributed by atoms with Gasteiger partial charge in [-0.25, -0.2) is 13.2 Å². The lowest BCUT2D eigenvalue weighted by molar-refractivity contribution is 0.102. The second-order valence-electron chi connectivity index (χ2n) is 4.30. The number of anilines is 2. The van der Waals surface area contributed by atoms with E-state index < -0.39 is 23.4 Å². The quantitative estimate of drug-likeness (QED) is 0.655. The standard InChI is InChI=1S/C14H11F3N2O/c1-7-2-3-12(18)9(4-7)14(20)19-8-5-10(15)13(17)11(16)6-8/h2-6H,18H2,1H3,(H,19,20). The zero-order valence-electron chi connectivity index (χ0n) is 10.5. The molecule has 0 unspecified atom stereocenters. The predicted octanol–water partition coefficient (Wildman–Crippen LogP) is 3.25. The fraction of sp³-hybridized carbons (Fsp3) is 0.0714. The van der Waals surface area contributed by atoms with E-state index in [1.165, 1.54) is 0 Å². The molecule has 0 saturated heterocycles. The van der Waals surface area contributed by atoms with Gasteiger partial charge in [-0.3, -0.25) is 4.79 Å². The summed E-state index contributed by atoms with van der Waals surface area (Å²) in [6.07, 6.45) is 0. The Morgan fingerprint density at radius 3 is 2.30 bits per heavy atom. The third-order valence-corrected chi connectivity index (χ3v) is 2.70. The van der Waals surface area contributed by atoms with E-state index in [2.05, 4.69) is 5.32 Å². The van der Waals surface area contributed by atoms with Gasteiger partial charge in [-0.2, -0.15) is 0 Å². The molecule has 2 rings (SSSR count). The Morgan fingerprint density at radius 2 is 1.70 bits per heavy atom. The lowest BCUT2D eigenvalue weighted by Crippen LogP contribution is -2.15. The Balaban J connectivity index is 2.30. The highest BCUT2D eigenvalue weighted by molar-refractivity contribution is 6.07. The first-order valence-electron chi connectivity index (χ1n) is 5.70. The molecule has 20 heavy (non-hydrogen) atoms. The zero-order chi connectivity index (χ0) is 14.9. The van der Waals surface area contributed by atoms with E-state index in [0.717, 1.165) is 5.56 Å². The van der Waals surface area contributed by atoms with Crippen LogP contribution in [0.3, 0.4) is 0 Å². The molecule has 0 aromatic heterocycles. The van der Waals surface area contributed by atoms with Gasteiger partial charge in [0.1, 0.15) is 0 Å². The van der Waals surface area contributed by atoms with Crippen LogP contribution < -0.4 is 11.1 Å². The molecule has 0 bridgehead atoms. The molecular formula is C14H11F3N2O. The lowest BCUT2D eigenvalue weighted by atomic mass is 10.1. The van der Waals surface area contributed by atoms with E-state index in [-0.39, 0.29) is 16.9 Å². The first-order valence-corrected chi connectivity index (χ1v) is 5.70. The summed E-state index contributed by atoms with van der Waals surface area (Å²) in [5.41, 5.74) is 6.69. The topological polar surface area (TPSA) is 55.1 Å². The maximum Gasteiger partial charge on any atom is 0.257 e. The molecule has 0 fully saturated rings. The summed E-state index contributed by atoms with van der Waals surface area (Å²) < 4.78 is 38.9. The van der Waals surface area contributed by atoms with Crippen LogP contribution in [-0.4, -0.2) is 5.91 Å². The molecule has 0 aliphatic carbocycles. The van der Waals surface area contributed by atoms with Crippen LogP contribution >= 0.6 is 0 Å². The van der Waals surface area contributed by atoms with E-state index in [1.54, 1.807) is 25.1 Å². The fourth-order valence-corrected chi connectivity index (χ4v) is 1.69. The number of nitrogen functional groups attached to an aromatic ring is 1. The van der Waals surface area contributed by atoms with Crippen molar-refractivity contribution in [1.82, 2.24) is 0 Å². The molecule has 2 aromatic carbocycles. The zero-order valence-corrected chi connectivity index (χ0v) is 10.5. The van der Waals surface area contributed by atoms with Gasteiger partial charge in [0, 0.05) is 23.5 Å². The molecule has 0 aliphatic heterocycles. The summed E-state index contributed by atoms with van der Waals surface area (Å²) in [6, 6.07) is 6.21. The van der Waals surface area contributed by atoms with Crippen LogP contribution in [0.25, 0.3) is 0 Å². The Kier molecular flexibility index (Phi) is 3.65. The van der Waals surface area contributed by atoms with Gasteiger partial charge in [-0.05, 0) is 19.1 Å². The summed E-state index contributed by atoms with van der Waals surface area (Å²) in [5, 5.41) is 2.27. The van der Waals surface area contributed by atoms with Crippen LogP contribution in [0.2, 0.25) is 0 Å². The first kappa shape index (κ1) is 13.9. The van der Waals surface area contributed by atoms with Crippen molar-refractivity contribution in [2.24, 2.45) is 0 Å². The molecule has 104 valence electrons. The number of hydrogen-bond acceptors (Lipinski definition) is 2. The van der Waals surface area contributed by atoms with Crippen LogP contribution in [0.1, 0.15) is 15.9 Å². The maximum atomic E-state index is 13.0. The molecular weight excluding hydrogens is 269 g/mol. The normalized spacial score (nSPS) is 10.4. The summed E-state index contributed by atoms with van der Waals surface area (Å²) in [7, 11) is 0. The van der Waals surface area contributed by atoms with Crippen LogP contribution in [0.15, 0.2) is 30.3 Å². The number of nitrogens with two attached hydrogens (primary N) is 1. The molecule has 0 heterocycles. The van der Waals surface area contributed by atoms with E-state index in [0.29, 0.717) is 12.1 Å². The number of carbonyl (C=O) groups is 1. The van der Waals surface area contributed by atoms with Gasteiger partial charge in [0.05, 0.1) is 5.56 Å². The Bertz CT molecular complexity index is 663. The third kappa shape index (κ3) is 2.74. The summed E-state index contributed by atoms with van der Waals surface area (Å²) in [5.74, 6) is -4.97. The SMILES string of the molecule is Cc1ccc(N)c(C(=O)Nc2cc(F)c(F)c(F)c2)c1. The van der Waals surface area contributed by atoms with Crippen LogP contribution in [0.4, 0.5) is 24.5 Å². The molecule has 0 atom stereocenters. The average Bonchev–Trinajstić information content (AvgIpc) is 2.38. The largest absolute Gasteiger partial charge is 0.398 e. The molecule has 0 spiro atoms. The van der Waals surface area contributed by atoms with Crippen molar-refractivity contribution in [3.63, 3.8) is 0 Å². The Labute approximate surface area is 113 Å². The minimum absolute atomic E-state index is 0.176. The number of halogens is 3. The number of carbonyl (C=O) groups excluding carboxylic acids is 1. The lowest BCUT2D eigenvalue weighted by Gasteiger charge is -2.09. The molecule has 3 nitrogen and oxygen atoms in total. The number of rotatable bonds is 2. The molecule has 6 heteroatoms. The van der Waals surface area contributed by atoms with Crippen LogP contribution in [-0.2, 0) is 0 Å². The van der Waals surface area contributed by atoms with Crippen LogP contribution in [0.5, 0.6) is 0 Å². The summed E-state index contributed by atoms with van der Waals surface area (Å²) in [6.45, 7) is 1.77.